The standard InChI is InChI=1S/C25H39N3O5S/c1-4-18(2)21(26-16-20-11-13-22(29)27-20)17-33-25(24(31)32,14-15-34-3)28-23(30)12-10-19-8-6-5-7-9-19/h5-9,18,20-21,26H,4,10-17H2,1-3H3,(H,27,29)(H,28,30)(H,31,32)/t18-,20-,21+,25-/m0/s1. The van der Waals surface area contributed by atoms with Crippen LogP contribution in [-0.2, 0) is 25.5 Å². The zero-order valence-corrected chi connectivity index (χ0v) is 21.3. The third kappa shape index (κ3) is 8.92. The Kier molecular flexibility index (Phi) is 11.9. The smallest absolute Gasteiger partial charge is 0.357 e. The van der Waals surface area contributed by atoms with Gasteiger partial charge in [-0.15, -0.1) is 0 Å². The molecule has 4 N–H and O–H groups in total. The Morgan fingerprint density at radius 2 is 2.06 bits per heavy atom. The molecule has 0 aliphatic carbocycles. The molecule has 8 nitrogen and oxygen atoms in total. The van der Waals surface area contributed by atoms with E-state index in [1.807, 2.05) is 36.6 Å². The zero-order valence-electron chi connectivity index (χ0n) is 20.5. The number of carboxylic acids is 1. The fraction of sp³-hybridized carbons (Fsp3) is 0.640. The van der Waals surface area contributed by atoms with Crippen LogP contribution in [0.4, 0.5) is 0 Å². The van der Waals surface area contributed by atoms with Crippen LogP contribution in [-0.4, -0.2) is 65.9 Å². The molecule has 1 aliphatic heterocycles. The lowest BCUT2D eigenvalue weighted by Crippen LogP contribution is -2.59. The van der Waals surface area contributed by atoms with Crippen LogP contribution in [0.25, 0.3) is 0 Å². The molecular formula is C25H39N3O5S. The lowest BCUT2D eigenvalue weighted by atomic mass is 9.99. The van der Waals surface area contributed by atoms with E-state index in [0.29, 0.717) is 25.1 Å². The summed E-state index contributed by atoms with van der Waals surface area (Å²) in [7, 11) is 0. The van der Waals surface area contributed by atoms with E-state index in [2.05, 4.69) is 29.8 Å². The second-order valence-electron chi connectivity index (χ2n) is 8.92. The second kappa shape index (κ2) is 14.3. The van der Waals surface area contributed by atoms with E-state index < -0.39 is 11.7 Å². The third-order valence-electron chi connectivity index (χ3n) is 6.38. The van der Waals surface area contributed by atoms with Gasteiger partial charge >= 0.3 is 5.97 Å². The van der Waals surface area contributed by atoms with Gasteiger partial charge in [-0.25, -0.2) is 4.79 Å². The van der Waals surface area contributed by atoms with Crippen molar-refractivity contribution in [2.45, 2.75) is 70.2 Å². The Morgan fingerprint density at radius 3 is 2.65 bits per heavy atom. The third-order valence-corrected chi connectivity index (χ3v) is 6.99. The summed E-state index contributed by atoms with van der Waals surface area (Å²) in [5.74, 6) is -0.739. The fourth-order valence-electron chi connectivity index (χ4n) is 3.89. The van der Waals surface area contributed by atoms with E-state index in [9.17, 15) is 19.5 Å². The normalized spacial score (nSPS) is 19.1. The van der Waals surface area contributed by atoms with E-state index >= 15 is 0 Å². The molecule has 0 spiro atoms. The number of rotatable bonds is 16. The first-order valence-corrected chi connectivity index (χ1v) is 13.4. The van der Waals surface area contributed by atoms with Crippen molar-refractivity contribution in [2.24, 2.45) is 5.92 Å². The fourth-order valence-corrected chi connectivity index (χ4v) is 4.39. The van der Waals surface area contributed by atoms with Gasteiger partial charge in [-0.3, -0.25) is 9.59 Å². The summed E-state index contributed by atoms with van der Waals surface area (Å²) in [5.41, 5.74) is -0.769. The van der Waals surface area contributed by atoms with E-state index in [0.717, 1.165) is 18.4 Å². The molecule has 34 heavy (non-hydrogen) atoms. The summed E-state index contributed by atoms with van der Waals surface area (Å²) in [6.07, 6.45) is 4.94. The van der Waals surface area contributed by atoms with Gasteiger partial charge in [0.1, 0.15) is 0 Å². The molecule has 4 atom stereocenters. The Morgan fingerprint density at radius 1 is 1.32 bits per heavy atom. The van der Waals surface area contributed by atoms with Gasteiger partial charge in [0, 0.05) is 37.9 Å². The molecule has 0 saturated carbocycles. The Labute approximate surface area is 207 Å². The molecule has 1 saturated heterocycles. The van der Waals surface area contributed by atoms with E-state index in [-0.39, 0.29) is 49.3 Å². The van der Waals surface area contributed by atoms with Crippen LogP contribution < -0.4 is 16.0 Å². The van der Waals surface area contributed by atoms with Gasteiger partial charge in [-0.05, 0) is 36.3 Å². The van der Waals surface area contributed by atoms with Crippen molar-refractivity contribution in [3.8, 4) is 0 Å². The molecule has 0 aromatic heterocycles. The number of carboxylic acid groups (broad SMARTS) is 1. The molecule has 1 aromatic rings. The number of hydrogen-bond donors (Lipinski definition) is 4. The number of hydrogen-bond acceptors (Lipinski definition) is 6. The highest BCUT2D eigenvalue weighted by molar-refractivity contribution is 7.98. The molecule has 1 fully saturated rings. The van der Waals surface area contributed by atoms with Crippen LogP contribution in [0.15, 0.2) is 30.3 Å². The first-order chi connectivity index (χ1) is 16.3. The largest absolute Gasteiger partial charge is 0.478 e. The van der Waals surface area contributed by atoms with Crippen LogP contribution in [0.1, 0.15) is 51.5 Å². The molecule has 0 bridgehead atoms. The van der Waals surface area contributed by atoms with E-state index in [4.69, 9.17) is 4.74 Å². The van der Waals surface area contributed by atoms with Crippen molar-refractivity contribution in [1.82, 2.24) is 16.0 Å². The molecule has 9 heteroatoms. The molecule has 1 heterocycles. The Hall–Kier alpha value is -2.10. The number of carbonyl (C=O) groups excluding carboxylic acids is 2. The van der Waals surface area contributed by atoms with Crippen molar-refractivity contribution < 1.29 is 24.2 Å². The lowest BCUT2D eigenvalue weighted by molar-refractivity contribution is -0.176. The molecule has 1 aromatic carbocycles. The van der Waals surface area contributed by atoms with Crippen molar-refractivity contribution >= 4 is 29.5 Å². The summed E-state index contributed by atoms with van der Waals surface area (Å²) in [6, 6.07) is 9.57. The highest BCUT2D eigenvalue weighted by atomic mass is 32.2. The highest BCUT2D eigenvalue weighted by Crippen LogP contribution is 2.20. The van der Waals surface area contributed by atoms with Gasteiger partial charge in [0.25, 0.3) is 0 Å². The average molecular weight is 494 g/mol. The van der Waals surface area contributed by atoms with E-state index in [1.165, 1.54) is 11.8 Å². The topological polar surface area (TPSA) is 117 Å². The summed E-state index contributed by atoms with van der Waals surface area (Å²) >= 11 is 1.51. The molecule has 190 valence electrons. The monoisotopic (exact) mass is 493 g/mol. The lowest BCUT2D eigenvalue weighted by Gasteiger charge is -2.34. The van der Waals surface area contributed by atoms with Gasteiger partial charge in [0.05, 0.1) is 6.61 Å². The predicted octanol–water partition coefficient (Wildman–Crippen LogP) is 2.57. The summed E-state index contributed by atoms with van der Waals surface area (Å²) < 4.78 is 6.04. The molecule has 2 rings (SSSR count). The quantitative estimate of drug-likeness (QED) is 0.262. The van der Waals surface area contributed by atoms with Crippen molar-refractivity contribution in [1.29, 1.82) is 0 Å². The number of aliphatic carboxylic acids is 1. The van der Waals surface area contributed by atoms with Gasteiger partial charge < -0.3 is 25.8 Å². The Bertz CT molecular complexity index is 794. The maximum absolute atomic E-state index is 12.7. The highest BCUT2D eigenvalue weighted by Gasteiger charge is 2.42. The predicted molar refractivity (Wildman–Crippen MR) is 135 cm³/mol. The number of benzene rings is 1. The van der Waals surface area contributed by atoms with E-state index in [1.54, 1.807) is 0 Å². The zero-order chi connectivity index (χ0) is 25.0. The molecule has 1 aliphatic rings. The minimum atomic E-state index is -1.79. The second-order valence-corrected chi connectivity index (χ2v) is 9.91. The van der Waals surface area contributed by atoms with Gasteiger partial charge in [0.15, 0.2) is 0 Å². The molecule has 0 unspecified atom stereocenters. The van der Waals surface area contributed by atoms with Gasteiger partial charge in [-0.2, -0.15) is 11.8 Å². The van der Waals surface area contributed by atoms with Crippen LogP contribution in [0.5, 0.6) is 0 Å². The SMILES string of the molecule is CC[C@H](C)[C@@H](CO[C@](CCSC)(NC(=O)CCc1ccccc1)C(=O)O)NC[C@@H]1CCC(=O)N1. The Balaban J connectivity index is 2.04. The minimum absolute atomic E-state index is 0.0586. The summed E-state index contributed by atoms with van der Waals surface area (Å²) in [5, 5.41) is 19.2. The van der Waals surface area contributed by atoms with Gasteiger partial charge in [-0.1, -0.05) is 50.6 Å². The number of amides is 2. The molecular weight excluding hydrogens is 454 g/mol. The van der Waals surface area contributed by atoms with Crippen LogP contribution in [0.3, 0.4) is 0 Å². The minimum Gasteiger partial charge on any atom is -0.478 e. The van der Waals surface area contributed by atoms with Crippen LogP contribution >= 0.6 is 11.8 Å². The number of thioether (sulfide) groups is 1. The van der Waals surface area contributed by atoms with Crippen molar-refractivity contribution in [3.05, 3.63) is 35.9 Å². The number of aryl methyl sites for hydroxylation is 1. The van der Waals surface area contributed by atoms with Crippen molar-refractivity contribution in [3.63, 3.8) is 0 Å². The van der Waals surface area contributed by atoms with Crippen LogP contribution in [0.2, 0.25) is 0 Å². The van der Waals surface area contributed by atoms with Crippen LogP contribution in [0, 0.1) is 5.92 Å². The molecule has 0 radical (unpaired) electrons. The molecule has 2 amide bonds. The maximum Gasteiger partial charge on any atom is 0.357 e. The summed E-state index contributed by atoms with van der Waals surface area (Å²) in [4.78, 5) is 36.6. The average Bonchev–Trinajstić information content (AvgIpc) is 3.26. The first-order valence-electron chi connectivity index (χ1n) is 12.0. The number of ether oxygens (including phenoxy) is 1. The number of nitrogens with one attached hydrogen (secondary N) is 3. The van der Waals surface area contributed by atoms with Gasteiger partial charge in [0.2, 0.25) is 17.5 Å². The summed E-state index contributed by atoms with van der Waals surface area (Å²) in [6.45, 7) is 4.88. The van der Waals surface area contributed by atoms with Crippen molar-refractivity contribution in [2.75, 3.05) is 25.2 Å². The first kappa shape index (κ1) is 28.1. The number of carbonyl (C=O) groups is 3. The maximum atomic E-state index is 12.7.